The van der Waals surface area contributed by atoms with Crippen molar-refractivity contribution in [3.8, 4) is 0 Å². The van der Waals surface area contributed by atoms with Crippen LogP contribution >= 0.6 is 0 Å². The summed E-state index contributed by atoms with van der Waals surface area (Å²) in [6.07, 6.45) is 9.43. The van der Waals surface area contributed by atoms with Crippen molar-refractivity contribution >= 4 is 0 Å². The Balaban J connectivity index is 1.98. The fourth-order valence-electron chi connectivity index (χ4n) is 2.35. The fourth-order valence-corrected chi connectivity index (χ4v) is 2.35. The molecule has 1 rings (SSSR count). The van der Waals surface area contributed by atoms with E-state index in [1.807, 2.05) is 0 Å². The van der Waals surface area contributed by atoms with E-state index in [-0.39, 0.29) is 0 Å². The van der Waals surface area contributed by atoms with Crippen molar-refractivity contribution < 1.29 is 0 Å². The first kappa shape index (κ1) is 12.0. The lowest BCUT2D eigenvalue weighted by atomic mass is 9.84. The molecule has 1 fully saturated rings. The molecule has 0 heterocycles. The summed E-state index contributed by atoms with van der Waals surface area (Å²) in [5.74, 6) is 1.01. The van der Waals surface area contributed by atoms with Crippen molar-refractivity contribution in [3.63, 3.8) is 0 Å². The zero-order valence-electron chi connectivity index (χ0n) is 9.60. The van der Waals surface area contributed by atoms with Gasteiger partial charge < -0.3 is 11.1 Å². The standard InChI is InChI=1S/C12H26N2/c1-2-11-5-7-12(8-6-11)14-10-4-3-9-13/h11-12,14H,2-10,13H2,1H3. The highest BCUT2D eigenvalue weighted by atomic mass is 14.9. The minimum Gasteiger partial charge on any atom is -0.330 e. The second-order valence-electron chi connectivity index (χ2n) is 4.58. The SMILES string of the molecule is CCC1CCC(NCCCCN)CC1. The maximum atomic E-state index is 5.46. The van der Waals surface area contributed by atoms with Gasteiger partial charge in [0.05, 0.1) is 0 Å². The van der Waals surface area contributed by atoms with Crippen molar-refractivity contribution in [2.45, 2.75) is 57.9 Å². The molecule has 0 aromatic carbocycles. The van der Waals surface area contributed by atoms with Crippen molar-refractivity contribution in [3.05, 3.63) is 0 Å². The van der Waals surface area contributed by atoms with E-state index in [1.54, 1.807) is 0 Å². The van der Waals surface area contributed by atoms with Gasteiger partial charge in [0.25, 0.3) is 0 Å². The van der Waals surface area contributed by atoms with Crippen molar-refractivity contribution in [1.29, 1.82) is 0 Å². The quantitative estimate of drug-likeness (QED) is 0.643. The molecule has 0 radical (unpaired) electrons. The van der Waals surface area contributed by atoms with Gasteiger partial charge in [-0.25, -0.2) is 0 Å². The van der Waals surface area contributed by atoms with Gasteiger partial charge in [-0.2, -0.15) is 0 Å². The van der Waals surface area contributed by atoms with Gasteiger partial charge >= 0.3 is 0 Å². The maximum Gasteiger partial charge on any atom is 0.00672 e. The molecule has 1 saturated carbocycles. The molecule has 2 nitrogen and oxygen atoms in total. The van der Waals surface area contributed by atoms with Crippen LogP contribution in [0.4, 0.5) is 0 Å². The molecule has 3 N–H and O–H groups in total. The molecule has 0 unspecified atom stereocenters. The number of unbranched alkanes of at least 4 members (excludes halogenated alkanes) is 1. The summed E-state index contributed by atoms with van der Waals surface area (Å²) in [6.45, 7) is 4.32. The van der Waals surface area contributed by atoms with E-state index in [4.69, 9.17) is 5.73 Å². The second-order valence-corrected chi connectivity index (χ2v) is 4.58. The summed E-state index contributed by atoms with van der Waals surface area (Å²) in [4.78, 5) is 0. The first-order valence-electron chi connectivity index (χ1n) is 6.30. The lowest BCUT2D eigenvalue weighted by Gasteiger charge is -2.28. The Labute approximate surface area is 88.6 Å². The third kappa shape index (κ3) is 4.43. The van der Waals surface area contributed by atoms with Crippen molar-refractivity contribution in [2.24, 2.45) is 11.7 Å². The van der Waals surface area contributed by atoms with Gasteiger partial charge in [0.2, 0.25) is 0 Å². The van der Waals surface area contributed by atoms with E-state index >= 15 is 0 Å². The molecule has 2 heteroatoms. The Hall–Kier alpha value is -0.0800. The van der Waals surface area contributed by atoms with Crippen molar-refractivity contribution in [1.82, 2.24) is 5.32 Å². The van der Waals surface area contributed by atoms with Crippen LogP contribution in [-0.4, -0.2) is 19.1 Å². The molecule has 0 amide bonds. The minimum absolute atomic E-state index is 0.801. The van der Waals surface area contributed by atoms with Gasteiger partial charge in [-0.3, -0.25) is 0 Å². The molecule has 0 atom stereocenters. The van der Waals surface area contributed by atoms with Crippen LogP contribution in [0.15, 0.2) is 0 Å². The zero-order chi connectivity index (χ0) is 10.2. The topological polar surface area (TPSA) is 38.0 Å². The highest BCUT2D eigenvalue weighted by Gasteiger charge is 2.18. The monoisotopic (exact) mass is 198 g/mol. The molecular formula is C12H26N2. The average Bonchev–Trinajstić information content (AvgIpc) is 2.25. The Morgan fingerprint density at radius 1 is 1.14 bits per heavy atom. The second kappa shape index (κ2) is 7.24. The summed E-state index contributed by atoms with van der Waals surface area (Å²) < 4.78 is 0. The van der Waals surface area contributed by atoms with E-state index in [2.05, 4.69) is 12.2 Å². The van der Waals surface area contributed by atoms with Crippen LogP contribution in [0.3, 0.4) is 0 Å². The Morgan fingerprint density at radius 2 is 1.86 bits per heavy atom. The molecular weight excluding hydrogens is 172 g/mol. The normalized spacial score (nSPS) is 27.9. The third-order valence-corrected chi connectivity index (χ3v) is 3.49. The average molecular weight is 198 g/mol. The van der Waals surface area contributed by atoms with E-state index < -0.39 is 0 Å². The number of rotatable bonds is 6. The van der Waals surface area contributed by atoms with Gasteiger partial charge in [0.1, 0.15) is 0 Å². The van der Waals surface area contributed by atoms with Gasteiger partial charge in [-0.1, -0.05) is 13.3 Å². The summed E-state index contributed by atoms with van der Waals surface area (Å²) >= 11 is 0. The fraction of sp³-hybridized carbons (Fsp3) is 1.00. The molecule has 84 valence electrons. The zero-order valence-corrected chi connectivity index (χ0v) is 9.60. The summed E-state index contributed by atoms with van der Waals surface area (Å²) in [5, 5.41) is 3.65. The molecule has 14 heavy (non-hydrogen) atoms. The predicted molar refractivity (Wildman–Crippen MR) is 62.3 cm³/mol. The Morgan fingerprint density at radius 3 is 2.43 bits per heavy atom. The molecule has 0 saturated heterocycles. The van der Waals surface area contributed by atoms with E-state index in [1.165, 1.54) is 45.1 Å². The van der Waals surface area contributed by atoms with E-state index in [9.17, 15) is 0 Å². The largest absolute Gasteiger partial charge is 0.330 e. The summed E-state index contributed by atoms with van der Waals surface area (Å²) in [5.41, 5.74) is 5.46. The smallest absolute Gasteiger partial charge is 0.00672 e. The van der Waals surface area contributed by atoms with Crippen LogP contribution < -0.4 is 11.1 Å². The molecule has 1 aliphatic rings. The highest BCUT2D eigenvalue weighted by Crippen LogP contribution is 2.26. The Bertz CT molecular complexity index is 128. The first-order valence-corrected chi connectivity index (χ1v) is 6.30. The molecule has 0 bridgehead atoms. The van der Waals surface area contributed by atoms with Gasteiger partial charge in [-0.05, 0) is 57.5 Å². The van der Waals surface area contributed by atoms with Gasteiger partial charge in [0.15, 0.2) is 0 Å². The molecule has 0 spiro atoms. The van der Waals surface area contributed by atoms with Gasteiger partial charge in [0, 0.05) is 6.04 Å². The van der Waals surface area contributed by atoms with Crippen LogP contribution in [0.25, 0.3) is 0 Å². The van der Waals surface area contributed by atoms with Gasteiger partial charge in [-0.15, -0.1) is 0 Å². The van der Waals surface area contributed by atoms with E-state index in [0.29, 0.717) is 0 Å². The minimum atomic E-state index is 0.801. The van der Waals surface area contributed by atoms with Crippen molar-refractivity contribution in [2.75, 3.05) is 13.1 Å². The van der Waals surface area contributed by atoms with Crippen LogP contribution in [0.2, 0.25) is 0 Å². The predicted octanol–water partition coefficient (Wildman–Crippen LogP) is 2.28. The van der Waals surface area contributed by atoms with Crippen LogP contribution in [0, 0.1) is 5.92 Å². The maximum absolute atomic E-state index is 5.46. The number of nitrogens with one attached hydrogen (secondary N) is 1. The van der Waals surface area contributed by atoms with Crippen LogP contribution in [-0.2, 0) is 0 Å². The highest BCUT2D eigenvalue weighted by molar-refractivity contribution is 4.76. The van der Waals surface area contributed by atoms with E-state index in [0.717, 1.165) is 24.9 Å². The third-order valence-electron chi connectivity index (χ3n) is 3.49. The number of nitrogens with two attached hydrogens (primary N) is 1. The molecule has 0 aromatic rings. The lowest BCUT2D eigenvalue weighted by Crippen LogP contribution is -2.33. The van der Waals surface area contributed by atoms with Crippen LogP contribution in [0.1, 0.15) is 51.9 Å². The molecule has 0 aliphatic heterocycles. The molecule has 0 aromatic heterocycles. The summed E-state index contributed by atoms with van der Waals surface area (Å²) in [7, 11) is 0. The molecule has 1 aliphatic carbocycles. The summed E-state index contributed by atoms with van der Waals surface area (Å²) in [6, 6.07) is 0.801. The van der Waals surface area contributed by atoms with Crippen LogP contribution in [0.5, 0.6) is 0 Å². The number of hydrogen-bond donors (Lipinski definition) is 2. The number of hydrogen-bond acceptors (Lipinski definition) is 2. The first-order chi connectivity index (χ1) is 6.86. The Kier molecular flexibility index (Phi) is 6.20. The lowest BCUT2D eigenvalue weighted by molar-refractivity contribution is 0.285.